The Hall–Kier alpha value is -4.74. The van der Waals surface area contributed by atoms with Crippen LogP contribution in [0.4, 0.5) is 5.69 Å². The van der Waals surface area contributed by atoms with Gasteiger partial charge in [-0.1, -0.05) is 64.2 Å². The van der Waals surface area contributed by atoms with Gasteiger partial charge < -0.3 is 26.1 Å². The molecular formula is C32H41N5O7. The summed E-state index contributed by atoms with van der Waals surface area (Å²) >= 11 is 0. The van der Waals surface area contributed by atoms with E-state index in [-0.39, 0.29) is 30.5 Å². The molecule has 0 aliphatic rings. The van der Waals surface area contributed by atoms with Crippen LogP contribution in [0.2, 0.25) is 0 Å². The fraction of sp³-hybridized carbons (Fsp3) is 0.438. The van der Waals surface area contributed by atoms with Crippen molar-refractivity contribution in [2.45, 2.75) is 83.9 Å². The lowest BCUT2D eigenvalue weighted by Gasteiger charge is -2.23. The Labute approximate surface area is 256 Å². The van der Waals surface area contributed by atoms with Crippen LogP contribution in [0.1, 0.15) is 69.9 Å². The number of nitro groups is 1. The lowest BCUT2D eigenvalue weighted by Crippen LogP contribution is -2.54. The van der Waals surface area contributed by atoms with Crippen molar-refractivity contribution in [1.82, 2.24) is 15.6 Å². The molecule has 3 aromatic rings. The van der Waals surface area contributed by atoms with Crippen LogP contribution in [0.5, 0.6) is 0 Å². The summed E-state index contributed by atoms with van der Waals surface area (Å²) in [5.41, 5.74) is 7.39. The molecule has 0 saturated heterocycles. The third-order valence-electron chi connectivity index (χ3n) is 7.45. The number of benzene rings is 2. The van der Waals surface area contributed by atoms with E-state index < -0.39 is 41.2 Å². The molecule has 0 bridgehead atoms. The first-order chi connectivity index (χ1) is 21.1. The van der Waals surface area contributed by atoms with E-state index >= 15 is 0 Å². The highest BCUT2D eigenvalue weighted by Gasteiger charge is 2.30. The number of nitro benzene ring substituents is 1. The minimum absolute atomic E-state index is 0.118. The van der Waals surface area contributed by atoms with E-state index in [2.05, 4.69) is 22.5 Å². The van der Waals surface area contributed by atoms with E-state index in [0.717, 1.165) is 48.6 Å². The van der Waals surface area contributed by atoms with E-state index in [4.69, 9.17) is 10.5 Å². The Balaban J connectivity index is 1.73. The average molecular weight is 608 g/mol. The number of non-ortho nitro benzene ring substituents is 1. The molecule has 44 heavy (non-hydrogen) atoms. The quantitative estimate of drug-likeness (QED) is 0.0722. The molecule has 0 aliphatic carbocycles. The zero-order valence-corrected chi connectivity index (χ0v) is 25.2. The molecular weight excluding hydrogens is 566 g/mol. The Morgan fingerprint density at radius 3 is 2.32 bits per heavy atom. The molecule has 0 fully saturated rings. The second-order valence-electron chi connectivity index (χ2n) is 11.0. The van der Waals surface area contributed by atoms with Gasteiger partial charge in [0.25, 0.3) is 5.69 Å². The number of primary amides is 1. The van der Waals surface area contributed by atoms with Crippen LogP contribution in [0.15, 0.2) is 54.7 Å². The van der Waals surface area contributed by atoms with Crippen molar-refractivity contribution in [3.63, 3.8) is 0 Å². The number of esters is 1. The van der Waals surface area contributed by atoms with Gasteiger partial charge in [0.2, 0.25) is 17.7 Å². The molecule has 0 spiro atoms. The van der Waals surface area contributed by atoms with Gasteiger partial charge in [-0.25, -0.2) is 4.79 Å². The number of fused-ring (bicyclic) bond motifs is 1. The third-order valence-corrected chi connectivity index (χ3v) is 7.45. The molecule has 12 heteroatoms. The number of nitrogens with zero attached hydrogens (tertiary/aromatic N) is 1. The predicted molar refractivity (Wildman–Crippen MR) is 165 cm³/mol. The number of H-pyrrole nitrogens is 1. The summed E-state index contributed by atoms with van der Waals surface area (Å²) in [6, 6.07) is 10.5. The first-order valence-electron chi connectivity index (χ1n) is 14.9. The summed E-state index contributed by atoms with van der Waals surface area (Å²) < 4.78 is 5.30. The number of aromatic nitrogens is 1. The highest BCUT2D eigenvalue weighted by Crippen LogP contribution is 2.20. The molecule has 5 N–H and O–H groups in total. The number of hydrogen-bond donors (Lipinski definition) is 4. The number of unbranched alkanes of at least 4 members (excludes halogenated alkanes) is 4. The molecule has 2 aromatic carbocycles. The maximum atomic E-state index is 13.6. The van der Waals surface area contributed by atoms with Gasteiger partial charge in [-0.05, 0) is 35.7 Å². The van der Waals surface area contributed by atoms with Gasteiger partial charge >= 0.3 is 5.97 Å². The maximum Gasteiger partial charge on any atom is 0.329 e. The fourth-order valence-electron chi connectivity index (χ4n) is 4.86. The Morgan fingerprint density at radius 1 is 0.955 bits per heavy atom. The fourth-order valence-corrected chi connectivity index (χ4v) is 4.86. The summed E-state index contributed by atoms with van der Waals surface area (Å²) in [6.45, 7) is 3.72. The lowest BCUT2D eigenvalue weighted by molar-refractivity contribution is -0.384. The molecule has 3 atom stereocenters. The predicted octanol–water partition coefficient (Wildman–Crippen LogP) is 4.20. The summed E-state index contributed by atoms with van der Waals surface area (Å²) in [6.07, 6.45) is 7.37. The second kappa shape index (κ2) is 16.8. The van der Waals surface area contributed by atoms with Gasteiger partial charge in [0, 0.05) is 41.6 Å². The zero-order chi connectivity index (χ0) is 32.1. The van der Waals surface area contributed by atoms with Crippen molar-refractivity contribution >= 4 is 40.3 Å². The van der Waals surface area contributed by atoms with E-state index in [9.17, 15) is 29.3 Å². The van der Waals surface area contributed by atoms with E-state index in [1.807, 2.05) is 31.2 Å². The van der Waals surface area contributed by atoms with Gasteiger partial charge in [-0.2, -0.15) is 0 Å². The Morgan fingerprint density at radius 2 is 1.64 bits per heavy atom. The van der Waals surface area contributed by atoms with E-state index in [1.165, 1.54) is 24.3 Å². The van der Waals surface area contributed by atoms with Crippen molar-refractivity contribution in [2.24, 2.45) is 11.7 Å². The molecule has 0 aliphatic heterocycles. The molecule has 3 rings (SSSR count). The second-order valence-corrected chi connectivity index (χ2v) is 11.0. The molecule has 0 saturated carbocycles. The maximum absolute atomic E-state index is 13.6. The van der Waals surface area contributed by atoms with Crippen molar-refractivity contribution in [3.05, 3.63) is 76.0 Å². The van der Waals surface area contributed by atoms with Crippen LogP contribution in [-0.4, -0.2) is 45.7 Å². The SMILES string of the molecule is CCCCCCCC(C)C(=O)N[C@@H](Cc1c[nH]c2ccccc12)C(=O)N[C@H](CC(N)=O)C(=O)OCc1ccc([N+](=O)[O-])cc1. The molecule has 12 nitrogen and oxygen atoms in total. The molecule has 0 radical (unpaired) electrons. The third kappa shape index (κ3) is 10.2. The van der Waals surface area contributed by atoms with Crippen LogP contribution < -0.4 is 16.4 Å². The summed E-state index contributed by atoms with van der Waals surface area (Å²) in [5, 5.41) is 17.2. The molecule has 1 aromatic heterocycles. The number of aromatic amines is 1. The molecule has 1 unspecified atom stereocenters. The van der Waals surface area contributed by atoms with Gasteiger partial charge in [0.1, 0.15) is 18.7 Å². The summed E-state index contributed by atoms with van der Waals surface area (Å²) in [7, 11) is 0. The number of para-hydroxylation sites is 1. The normalized spacial score (nSPS) is 13.0. The van der Waals surface area contributed by atoms with E-state index in [0.29, 0.717) is 12.0 Å². The highest BCUT2D eigenvalue weighted by atomic mass is 16.6. The van der Waals surface area contributed by atoms with Crippen LogP contribution in [0, 0.1) is 16.0 Å². The van der Waals surface area contributed by atoms with Gasteiger partial charge in [-0.15, -0.1) is 0 Å². The van der Waals surface area contributed by atoms with Crippen molar-refractivity contribution in [1.29, 1.82) is 0 Å². The Bertz CT molecular complexity index is 1440. The number of nitrogens with one attached hydrogen (secondary N) is 3. The lowest BCUT2D eigenvalue weighted by atomic mass is 9.99. The highest BCUT2D eigenvalue weighted by molar-refractivity contribution is 5.94. The van der Waals surface area contributed by atoms with Crippen molar-refractivity contribution < 1.29 is 28.8 Å². The van der Waals surface area contributed by atoms with Gasteiger partial charge in [0.15, 0.2) is 0 Å². The average Bonchev–Trinajstić information content (AvgIpc) is 3.41. The number of ether oxygens (including phenoxy) is 1. The van der Waals surface area contributed by atoms with Gasteiger partial charge in [0.05, 0.1) is 11.3 Å². The van der Waals surface area contributed by atoms with Gasteiger partial charge in [-0.3, -0.25) is 24.5 Å². The number of carbonyl (C=O) groups is 4. The molecule has 3 amide bonds. The summed E-state index contributed by atoms with van der Waals surface area (Å²) in [4.78, 5) is 65.1. The Kier molecular flexibility index (Phi) is 12.9. The topological polar surface area (TPSA) is 187 Å². The van der Waals surface area contributed by atoms with E-state index in [1.54, 1.807) is 6.20 Å². The number of nitrogens with two attached hydrogens (primary N) is 1. The first kappa shape index (κ1) is 33.8. The minimum Gasteiger partial charge on any atom is -0.459 e. The first-order valence-corrected chi connectivity index (χ1v) is 14.9. The molecule has 236 valence electrons. The van der Waals surface area contributed by atoms with Crippen LogP contribution in [0.25, 0.3) is 10.9 Å². The number of carbonyl (C=O) groups excluding carboxylic acids is 4. The smallest absolute Gasteiger partial charge is 0.329 e. The van der Waals surface area contributed by atoms with Crippen molar-refractivity contribution in [2.75, 3.05) is 0 Å². The number of rotatable bonds is 18. The summed E-state index contributed by atoms with van der Waals surface area (Å²) in [5.74, 6) is -3.03. The van der Waals surface area contributed by atoms with Crippen LogP contribution in [-0.2, 0) is 36.9 Å². The minimum atomic E-state index is -1.41. The molecule has 1 heterocycles. The standard InChI is InChI=1S/C32H41N5O7/c1-3-4-5-6-7-10-21(2)30(39)35-27(17-23-19-34-26-12-9-8-11-25(23)26)31(40)36-28(18-29(33)38)32(41)44-20-22-13-15-24(16-14-22)37(42)43/h8-9,11-16,19,21,27-28,34H,3-7,10,17-18,20H2,1-2H3,(H2,33,38)(H,35,39)(H,36,40)/t21?,27-,28+/m0/s1. The van der Waals surface area contributed by atoms with Crippen LogP contribution in [0.3, 0.4) is 0 Å². The monoisotopic (exact) mass is 607 g/mol. The van der Waals surface area contributed by atoms with Crippen molar-refractivity contribution in [3.8, 4) is 0 Å². The number of hydrogen-bond acceptors (Lipinski definition) is 7. The zero-order valence-electron chi connectivity index (χ0n) is 25.2. The number of amides is 3. The van der Waals surface area contributed by atoms with Crippen LogP contribution >= 0.6 is 0 Å². The largest absolute Gasteiger partial charge is 0.459 e.